The van der Waals surface area contributed by atoms with Gasteiger partial charge < -0.3 is 119 Å². The lowest BCUT2D eigenvalue weighted by atomic mass is 9.94. The zero-order valence-corrected chi connectivity index (χ0v) is 93.4. The third-order valence-corrected chi connectivity index (χ3v) is 33.9. The molecule has 0 bridgehead atoms. The molecule has 792 valence electrons. The summed E-state index contributed by atoms with van der Waals surface area (Å²) < 4.78 is 74.5. The second-order valence-corrected chi connectivity index (χ2v) is 53.6. The van der Waals surface area contributed by atoms with Gasteiger partial charge in [-0.1, -0.05) is 83.9 Å². The van der Waals surface area contributed by atoms with Crippen LogP contribution in [0.1, 0.15) is 74.5 Å². The summed E-state index contributed by atoms with van der Waals surface area (Å²) in [5, 5.41) is 33.6. The lowest BCUT2D eigenvalue weighted by molar-refractivity contribution is 0.0963. The zero-order valence-electron chi connectivity index (χ0n) is 88.3. The molecule has 0 unspecified atom stereocenters. The number of methoxy groups -OCH3 is 2. The Balaban J connectivity index is 0.000000143. The second kappa shape index (κ2) is 49.5. The summed E-state index contributed by atoms with van der Waals surface area (Å²) in [6, 6.07) is 56.6. The Morgan fingerprint density at radius 2 is 0.893 bits per heavy atom. The third kappa shape index (κ3) is 28.5. The van der Waals surface area contributed by atoms with Gasteiger partial charge >= 0.3 is 0 Å². The van der Waals surface area contributed by atoms with Gasteiger partial charge in [-0.3, -0.25) is 9.69 Å². The van der Waals surface area contributed by atoms with Crippen molar-refractivity contribution in [3.05, 3.63) is 227 Å². The van der Waals surface area contributed by atoms with Crippen LogP contribution in [0.5, 0.6) is 23.0 Å². The maximum Gasteiger partial charge on any atom is 0.253 e. The number of hydrogen-bond donors (Lipinski definition) is 10. The molecular formula is C110H139Cl2N25O9P4. The number of likely N-dealkylation sites (tertiary alicyclic amines) is 1. The Kier molecular flexibility index (Phi) is 36.3. The van der Waals surface area contributed by atoms with E-state index >= 15 is 0 Å². The number of H-pyrrole nitrogens is 1. The van der Waals surface area contributed by atoms with Gasteiger partial charge in [-0.25, -0.2) is 15.0 Å². The average Bonchev–Trinajstić information content (AvgIpc) is 1.59. The molecule has 1 amide bonds. The molecule has 13 aromatic rings. The number of ether oxygens (including phenoxy) is 4. The normalized spacial score (nSPS) is 15.4. The summed E-state index contributed by atoms with van der Waals surface area (Å²) in [5.41, 5.74) is 12.3. The molecule has 34 nitrogen and oxygen atoms in total. The van der Waals surface area contributed by atoms with Gasteiger partial charge in [0, 0.05) is 173 Å². The van der Waals surface area contributed by atoms with E-state index in [1.54, 1.807) is 99.1 Å². The molecule has 0 saturated carbocycles. The summed E-state index contributed by atoms with van der Waals surface area (Å²) >= 11 is 12.9. The number of benzene rings is 8. The topological polar surface area (TPSA) is 372 Å². The standard InChI is InChI=1S/C30H41ClN7O2P.C28H36ClN6O2P.C28H36N7O2P.C24H26N5O3P/c1-5-40-27-20-23(37-14-12-22(13-15-37)38-18-16-36(2)17-19-38)10-11-25(27)34-30-32-21-24(31)29(35-30)33-26-8-6-7-9-28(26)41(3,4)39;1-37-25-17-21(35-15-11-20(12-16-35)19-34-13-6-14-34)9-10-23(25)32-28-30-18-22(29)27(33-28)31-24-7-4-5-8-26(24)38(2,3)36;1-19(2)37-24-18-20(35-16-14-34(3)15-17-35)10-11-22(24)31-28-32-26-21(12-13-29-26)27(33-28)30-23-8-6-7-9-25(23)38(4,5)36;1-25-23(30)17-8-5-6-10-19(17)26-22-16-9-7-11-18(16)27-24(29-22)28-20-13-12-15(33(3,4)31)14-21(20)32-2/h6-11,20-22H,5,12-19H2,1-4H3,(H2,32,33,34,35);4-5,7-10,17-18,20H,6,11-16,19H2,1-3H3,(H2,30,31,32,33);6-13,18-19H,14-17H2,1-5H3,(H3,29,30,31,32,33);5-10,12-14H,11H2,1-4H3,(H,25,30)(H2,26,27,28,29). The maximum atomic E-state index is 12.9. The summed E-state index contributed by atoms with van der Waals surface area (Å²) in [6.07, 6.45) is 15.8. The number of aromatic nitrogens is 9. The number of amides is 1. The first-order valence-electron chi connectivity index (χ1n) is 50.9. The fourth-order valence-electron chi connectivity index (χ4n) is 18.9. The van der Waals surface area contributed by atoms with Gasteiger partial charge in [0.1, 0.15) is 78.9 Å². The van der Waals surface area contributed by atoms with E-state index in [0.717, 1.165) is 166 Å². The smallest absolute Gasteiger partial charge is 0.253 e. The van der Waals surface area contributed by atoms with Crippen molar-refractivity contribution >= 4 is 206 Å². The Labute approximate surface area is 890 Å². The third-order valence-electron chi connectivity index (χ3n) is 27.2. The minimum atomic E-state index is -2.51. The van der Waals surface area contributed by atoms with Crippen LogP contribution in [0.4, 0.5) is 110 Å². The predicted molar refractivity (Wildman–Crippen MR) is 620 cm³/mol. The predicted octanol–water partition coefficient (Wildman–Crippen LogP) is 20.7. The van der Waals surface area contributed by atoms with Crippen LogP contribution in [0, 0.1) is 5.92 Å². The molecule has 150 heavy (non-hydrogen) atoms. The number of fused-ring (bicyclic) bond motifs is 2. The van der Waals surface area contributed by atoms with Crippen molar-refractivity contribution in [3.63, 3.8) is 0 Å². The molecule has 6 aliphatic rings. The molecule has 5 saturated heterocycles. The number of aromatic amines is 1. The molecule has 10 heterocycles. The van der Waals surface area contributed by atoms with Gasteiger partial charge in [-0.2, -0.15) is 24.9 Å². The van der Waals surface area contributed by atoms with Crippen LogP contribution in [-0.2, 0) is 24.7 Å². The van der Waals surface area contributed by atoms with Crippen LogP contribution >= 0.6 is 51.8 Å². The van der Waals surface area contributed by atoms with Crippen molar-refractivity contribution in [2.45, 2.75) is 71.4 Å². The van der Waals surface area contributed by atoms with Crippen molar-refractivity contribution in [2.24, 2.45) is 5.92 Å². The Bertz CT molecular complexity index is 7150. The summed E-state index contributed by atoms with van der Waals surface area (Å²) in [5.74, 6) is 7.05. The first kappa shape index (κ1) is 110. The van der Waals surface area contributed by atoms with Gasteiger partial charge in [0.15, 0.2) is 11.6 Å². The Morgan fingerprint density at radius 3 is 1.40 bits per heavy atom. The van der Waals surface area contributed by atoms with E-state index in [0.29, 0.717) is 116 Å². The molecule has 40 heteroatoms. The van der Waals surface area contributed by atoms with Crippen LogP contribution in [0.2, 0.25) is 10.0 Å². The highest BCUT2D eigenvalue weighted by atomic mass is 35.5. The number of nitrogens with zero attached hydrogens (tertiary/aromatic N) is 15. The van der Waals surface area contributed by atoms with Gasteiger partial charge in [0.05, 0.1) is 101 Å². The second-order valence-electron chi connectivity index (χ2n) is 40.0. The lowest BCUT2D eigenvalue weighted by Gasteiger charge is -2.42. The summed E-state index contributed by atoms with van der Waals surface area (Å²) in [4.78, 5) is 69.6. The number of piperidine rings is 2. The molecule has 0 radical (unpaired) electrons. The summed E-state index contributed by atoms with van der Waals surface area (Å²) in [7, 11) is -0.727. The highest BCUT2D eigenvalue weighted by Crippen LogP contribution is 2.46. The maximum absolute atomic E-state index is 12.9. The SMILES string of the molecule is CC(C)Oc1cc(N2CCN(C)CC2)ccc1Nc1nc(Nc2ccccc2P(C)(C)=O)c2cc[nH]c2n1.CCOc1cc(N2CCC(N3CCN(C)CC3)CC2)ccc1Nc1ncc(Cl)c(Nc2ccccc2P(C)(C)=O)n1.CNC(=O)c1ccccc1Nc1nc(Nc2ccc(P(C)(C)=O)cc2OC)nc2c1C=CC2.COc1cc(N2CCC(CN3CCC3)CC2)ccc1Nc1ncc(Cl)c(Nc2ccccc2P(C)(C)=O)n1. The van der Waals surface area contributed by atoms with Crippen LogP contribution in [-0.4, -0.2) is 276 Å². The van der Waals surface area contributed by atoms with Crippen molar-refractivity contribution in [3.8, 4) is 23.0 Å². The molecule has 10 N–H and O–H groups in total. The van der Waals surface area contributed by atoms with E-state index in [1.807, 2.05) is 167 Å². The molecule has 5 fully saturated rings. The minimum absolute atomic E-state index is 0.0117. The van der Waals surface area contributed by atoms with Crippen LogP contribution in [0.3, 0.4) is 0 Å². The number of carbonyl (C=O) groups is 1. The fourth-order valence-corrected chi connectivity index (χ4v) is 23.5. The largest absolute Gasteiger partial charge is 0.495 e. The van der Waals surface area contributed by atoms with Gasteiger partial charge in [-0.15, -0.1) is 0 Å². The number of piperazine rings is 2. The number of anilines is 19. The molecule has 5 aromatic heterocycles. The number of likely N-dealkylation sites (N-methyl/N-ethyl adjacent to an activating group) is 2. The number of carbonyl (C=O) groups excluding carboxylic acids is 1. The highest BCUT2D eigenvalue weighted by Gasteiger charge is 2.32. The molecule has 5 aliphatic heterocycles. The fraction of sp³-hybridized carbons (Fsp3) is 0.373. The number of halogens is 2. The Morgan fingerprint density at radius 1 is 0.453 bits per heavy atom. The van der Waals surface area contributed by atoms with Crippen molar-refractivity contribution in [2.75, 3.05) is 251 Å². The number of nitrogens with one attached hydrogen (secondary N) is 10. The van der Waals surface area contributed by atoms with E-state index < -0.39 is 28.6 Å². The number of para-hydroxylation sites is 4. The zero-order chi connectivity index (χ0) is 106. The lowest BCUT2D eigenvalue weighted by Crippen LogP contribution is -2.52. The van der Waals surface area contributed by atoms with E-state index in [2.05, 4.69) is 168 Å². The Hall–Kier alpha value is -12.8. The van der Waals surface area contributed by atoms with Gasteiger partial charge in [-0.05, 0) is 248 Å². The number of allylic oxidation sites excluding steroid dienone is 1. The van der Waals surface area contributed by atoms with Crippen LogP contribution < -0.4 is 103 Å². The van der Waals surface area contributed by atoms with Crippen molar-refractivity contribution < 1.29 is 42.0 Å². The quantitative estimate of drug-likeness (QED) is 0.0171. The first-order chi connectivity index (χ1) is 72.0. The van der Waals surface area contributed by atoms with Crippen molar-refractivity contribution in [1.29, 1.82) is 0 Å². The minimum Gasteiger partial charge on any atom is -0.495 e. The molecule has 0 spiro atoms. The molecule has 1 aliphatic carbocycles. The van der Waals surface area contributed by atoms with E-state index in [-0.39, 0.29) is 12.0 Å². The number of hydrogen-bond acceptors (Lipinski definition) is 32. The monoisotopic (exact) mass is 2150 g/mol. The molecule has 0 atom stereocenters. The van der Waals surface area contributed by atoms with Gasteiger partial charge in [0.2, 0.25) is 23.8 Å². The molecule has 19 rings (SSSR count). The van der Waals surface area contributed by atoms with E-state index in [4.69, 9.17) is 52.1 Å². The summed E-state index contributed by atoms with van der Waals surface area (Å²) in [6.45, 7) is 37.2. The highest BCUT2D eigenvalue weighted by molar-refractivity contribution is 7.71. The van der Waals surface area contributed by atoms with Gasteiger partial charge in [0.25, 0.3) is 5.91 Å². The van der Waals surface area contributed by atoms with E-state index in [1.165, 1.54) is 64.8 Å². The van der Waals surface area contributed by atoms with Crippen molar-refractivity contribution in [1.82, 2.24) is 69.8 Å². The van der Waals surface area contributed by atoms with E-state index in [9.17, 15) is 23.1 Å². The molecule has 8 aromatic carbocycles. The van der Waals surface area contributed by atoms with Crippen LogP contribution in [0.15, 0.2) is 201 Å². The first-order valence-corrected chi connectivity index (χ1v) is 62.1. The molecular weight excluding hydrogens is 2010 g/mol. The number of rotatable bonds is 33. The van der Waals surface area contributed by atoms with Crippen LogP contribution in [0.25, 0.3) is 17.1 Å². The average molecular weight is 2150 g/mol.